The summed E-state index contributed by atoms with van der Waals surface area (Å²) in [6.45, 7) is 1.80. The van der Waals surface area contributed by atoms with Crippen LogP contribution in [0.1, 0.15) is 28.5 Å². The van der Waals surface area contributed by atoms with Crippen molar-refractivity contribution in [3.63, 3.8) is 0 Å². The molecule has 0 saturated carbocycles. The summed E-state index contributed by atoms with van der Waals surface area (Å²) in [5.74, 6) is -0.525. The number of hydrogen-bond donors (Lipinski definition) is 3. The topological polar surface area (TPSA) is 113 Å². The molecular formula is C17H18N4O4. The maximum atomic E-state index is 12.4. The lowest BCUT2D eigenvalue weighted by Crippen LogP contribution is -2.52. The van der Waals surface area contributed by atoms with E-state index in [9.17, 15) is 14.4 Å². The summed E-state index contributed by atoms with van der Waals surface area (Å²) in [7, 11) is 0. The Morgan fingerprint density at radius 3 is 2.92 bits per heavy atom. The van der Waals surface area contributed by atoms with Crippen molar-refractivity contribution in [2.24, 2.45) is 0 Å². The maximum Gasteiger partial charge on any atom is 0.416 e. The van der Waals surface area contributed by atoms with Gasteiger partial charge in [-0.05, 0) is 18.6 Å². The standard InChI is InChI=1S/C17H18N4O4/c1-10(6-12-8-21(9-18-12)17(24)25)19-16(23)14-7-11-4-2-3-5-13(11)15(22)20-14/h2-5,8-10,14H,6-7H2,1H3,(H,19,23)(H,20,22)(H,24,25)/t10-,14+/m1/s1. The van der Waals surface area contributed by atoms with E-state index in [1.54, 1.807) is 19.1 Å². The molecule has 2 amide bonds. The van der Waals surface area contributed by atoms with Gasteiger partial charge in [-0.1, -0.05) is 18.2 Å². The van der Waals surface area contributed by atoms with Crippen molar-refractivity contribution in [3.05, 3.63) is 53.6 Å². The van der Waals surface area contributed by atoms with Gasteiger partial charge in [0.15, 0.2) is 0 Å². The zero-order valence-corrected chi connectivity index (χ0v) is 13.6. The lowest BCUT2D eigenvalue weighted by Gasteiger charge is -2.26. The molecule has 25 heavy (non-hydrogen) atoms. The summed E-state index contributed by atoms with van der Waals surface area (Å²) in [4.78, 5) is 39.3. The van der Waals surface area contributed by atoms with Crippen LogP contribution in [0.2, 0.25) is 0 Å². The number of carbonyl (C=O) groups excluding carboxylic acids is 2. The van der Waals surface area contributed by atoms with E-state index in [1.807, 2.05) is 12.1 Å². The zero-order valence-electron chi connectivity index (χ0n) is 13.6. The molecule has 3 N–H and O–H groups in total. The summed E-state index contributed by atoms with van der Waals surface area (Å²) in [5.41, 5.74) is 2.01. The lowest BCUT2D eigenvalue weighted by atomic mass is 9.94. The van der Waals surface area contributed by atoms with Gasteiger partial charge in [-0.15, -0.1) is 0 Å². The van der Waals surface area contributed by atoms with Gasteiger partial charge < -0.3 is 15.7 Å². The van der Waals surface area contributed by atoms with E-state index in [-0.39, 0.29) is 17.9 Å². The predicted molar refractivity (Wildman–Crippen MR) is 88.4 cm³/mol. The number of amides is 2. The molecule has 3 rings (SSSR count). The fourth-order valence-corrected chi connectivity index (χ4v) is 2.87. The Morgan fingerprint density at radius 1 is 1.44 bits per heavy atom. The summed E-state index contributed by atoms with van der Waals surface area (Å²) in [6.07, 6.45) is 2.34. The Hall–Kier alpha value is -3.16. The number of nitrogens with zero attached hydrogens (tertiary/aromatic N) is 2. The number of aromatic nitrogens is 2. The molecule has 0 bridgehead atoms. The van der Waals surface area contributed by atoms with Crippen LogP contribution in [0.5, 0.6) is 0 Å². The Kier molecular flexibility index (Phi) is 4.51. The number of carbonyl (C=O) groups is 3. The second kappa shape index (κ2) is 6.76. The van der Waals surface area contributed by atoms with Crippen molar-refractivity contribution in [2.45, 2.75) is 31.8 Å². The van der Waals surface area contributed by atoms with E-state index in [0.717, 1.165) is 10.1 Å². The minimum Gasteiger partial charge on any atom is -0.464 e. The first-order valence-electron chi connectivity index (χ1n) is 7.89. The molecule has 0 spiro atoms. The normalized spacial score (nSPS) is 17.3. The molecule has 1 aromatic heterocycles. The van der Waals surface area contributed by atoms with Gasteiger partial charge in [-0.2, -0.15) is 0 Å². The Labute approximate surface area is 143 Å². The van der Waals surface area contributed by atoms with Crippen LogP contribution in [0, 0.1) is 0 Å². The van der Waals surface area contributed by atoms with Gasteiger partial charge in [0, 0.05) is 30.6 Å². The monoisotopic (exact) mass is 342 g/mol. The highest BCUT2D eigenvalue weighted by Gasteiger charge is 2.29. The number of carboxylic acid groups (broad SMARTS) is 1. The van der Waals surface area contributed by atoms with E-state index >= 15 is 0 Å². The van der Waals surface area contributed by atoms with Crippen molar-refractivity contribution in [1.82, 2.24) is 20.2 Å². The number of imidazole rings is 1. The first kappa shape index (κ1) is 16.7. The average Bonchev–Trinajstić information content (AvgIpc) is 3.03. The molecule has 0 aliphatic carbocycles. The maximum absolute atomic E-state index is 12.4. The van der Waals surface area contributed by atoms with Gasteiger partial charge >= 0.3 is 6.09 Å². The third-order valence-corrected chi connectivity index (χ3v) is 4.07. The molecule has 2 aromatic rings. The molecule has 0 unspecified atom stereocenters. The molecule has 1 aliphatic rings. The number of nitrogens with one attached hydrogen (secondary N) is 2. The first-order chi connectivity index (χ1) is 11.9. The number of fused-ring (bicyclic) bond motifs is 1. The summed E-state index contributed by atoms with van der Waals surface area (Å²) >= 11 is 0. The quantitative estimate of drug-likeness (QED) is 0.761. The van der Waals surface area contributed by atoms with Gasteiger partial charge in [0.1, 0.15) is 12.4 Å². The Morgan fingerprint density at radius 2 is 2.20 bits per heavy atom. The highest BCUT2D eigenvalue weighted by molar-refractivity contribution is 6.00. The van der Waals surface area contributed by atoms with Gasteiger partial charge in [0.05, 0.1) is 5.69 Å². The van der Waals surface area contributed by atoms with Crippen molar-refractivity contribution >= 4 is 17.9 Å². The van der Waals surface area contributed by atoms with E-state index in [0.29, 0.717) is 24.1 Å². The highest BCUT2D eigenvalue weighted by Crippen LogP contribution is 2.16. The zero-order chi connectivity index (χ0) is 18.0. The van der Waals surface area contributed by atoms with E-state index < -0.39 is 12.1 Å². The molecule has 1 aromatic carbocycles. The summed E-state index contributed by atoms with van der Waals surface area (Å²) < 4.78 is 0.960. The van der Waals surface area contributed by atoms with Crippen molar-refractivity contribution < 1.29 is 19.5 Å². The number of hydrogen-bond acceptors (Lipinski definition) is 4. The van der Waals surface area contributed by atoms with Crippen LogP contribution in [0.3, 0.4) is 0 Å². The SMILES string of the molecule is C[C@H](Cc1cn(C(=O)O)cn1)NC(=O)[C@@H]1Cc2ccccc2C(=O)N1. The molecule has 8 nitrogen and oxygen atoms in total. The van der Waals surface area contributed by atoms with Crippen LogP contribution in [0.15, 0.2) is 36.8 Å². The van der Waals surface area contributed by atoms with Gasteiger partial charge in [-0.3, -0.25) is 9.59 Å². The highest BCUT2D eigenvalue weighted by atomic mass is 16.4. The second-order valence-electron chi connectivity index (χ2n) is 6.06. The molecule has 130 valence electrons. The van der Waals surface area contributed by atoms with Crippen LogP contribution in [-0.4, -0.2) is 44.6 Å². The first-order valence-corrected chi connectivity index (χ1v) is 7.89. The van der Waals surface area contributed by atoms with E-state index in [1.165, 1.54) is 12.5 Å². The van der Waals surface area contributed by atoms with Crippen LogP contribution in [-0.2, 0) is 17.6 Å². The van der Waals surface area contributed by atoms with Crippen molar-refractivity contribution in [1.29, 1.82) is 0 Å². The van der Waals surface area contributed by atoms with Gasteiger partial charge in [-0.25, -0.2) is 14.3 Å². The van der Waals surface area contributed by atoms with Crippen LogP contribution < -0.4 is 10.6 Å². The molecular weight excluding hydrogens is 324 g/mol. The van der Waals surface area contributed by atoms with Crippen molar-refractivity contribution in [2.75, 3.05) is 0 Å². The van der Waals surface area contributed by atoms with Crippen LogP contribution in [0.25, 0.3) is 0 Å². The fourth-order valence-electron chi connectivity index (χ4n) is 2.87. The van der Waals surface area contributed by atoms with E-state index in [2.05, 4.69) is 15.6 Å². The van der Waals surface area contributed by atoms with Crippen LogP contribution in [0.4, 0.5) is 4.79 Å². The number of benzene rings is 1. The summed E-state index contributed by atoms with van der Waals surface area (Å²) in [5, 5.41) is 14.4. The molecule has 2 atom stereocenters. The van der Waals surface area contributed by atoms with Crippen molar-refractivity contribution in [3.8, 4) is 0 Å². The fraction of sp³-hybridized carbons (Fsp3) is 0.294. The molecule has 8 heteroatoms. The summed E-state index contributed by atoms with van der Waals surface area (Å²) in [6, 6.07) is 6.33. The minimum absolute atomic E-state index is 0.251. The van der Waals surface area contributed by atoms with Gasteiger partial charge in [0.2, 0.25) is 5.91 Å². The third-order valence-electron chi connectivity index (χ3n) is 4.07. The largest absolute Gasteiger partial charge is 0.464 e. The molecule has 0 fully saturated rings. The van der Waals surface area contributed by atoms with E-state index in [4.69, 9.17) is 5.11 Å². The average molecular weight is 342 g/mol. The molecule has 0 saturated heterocycles. The smallest absolute Gasteiger partial charge is 0.416 e. The molecule has 2 heterocycles. The minimum atomic E-state index is -1.11. The van der Waals surface area contributed by atoms with Crippen LogP contribution >= 0.6 is 0 Å². The second-order valence-corrected chi connectivity index (χ2v) is 6.06. The Balaban J connectivity index is 1.60. The lowest BCUT2D eigenvalue weighted by molar-refractivity contribution is -0.123. The molecule has 0 radical (unpaired) electrons. The number of rotatable bonds is 4. The Bertz CT molecular complexity index is 830. The van der Waals surface area contributed by atoms with Gasteiger partial charge in [0.25, 0.3) is 5.91 Å². The molecule has 1 aliphatic heterocycles. The predicted octanol–water partition coefficient (Wildman–Crippen LogP) is 0.811. The third kappa shape index (κ3) is 3.68.